The van der Waals surface area contributed by atoms with Crippen molar-refractivity contribution < 1.29 is 9.53 Å². The van der Waals surface area contributed by atoms with E-state index >= 15 is 0 Å². The molecule has 3 N–H and O–H groups in total. The van der Waals surface area contributed by atoms with Gasteiger partial charge in [0.25, 0.3) is 0 Å². The molecule has 2 heterocycles. The average molecular weight is 368 g/mol. The van der Waals surface area contributed by atoms with Crippen LogP contribution in [0.4, 0.5) is 5.69 Å². The monoisotopic (exact) mass is 367 g/mol. The smallest absolute Gasteiger partial charge is 0.241 e. The highest BCUT2D eigenvalue weighted by Gasteiger charge is 2.28. The first kappa shape index (κ1) is 17.6. The highest BCUT2D eigenvalue weighted by molar-refractivity contribution is 7.18. The molecule has 2 fully saturated rings. The number of amides is 1. The summed E-state index contributed by atoms with van der Waals surface area (Å²) < 4.78 is 6.46. The predicted molar refractivity (Wildman–Crippen MR) is 99.0 cm³/mol. The summed E-state index contributed by atoms with van der Waals surface area (Å²) >= 11 is 1.74. The van der Waals surface area contributed by atoms with Crippen LogP contribution in [0.5, 0.6) is 0 Å². The quantitative estimate of drug-likeness (QED) is 0.869. The lowest BCUT2D eigenvalue weighted by atomic mass is 9.92. The molecule has 7 heteroatoms. The molecule has 1 saturated heterocycles. The molecule has 0 spiro atoms. The van der Waals surface area contributed by atoms with Crippen LogP contribution >= 0.6 is 23.7 Å². The van der Waals surface area contributed by atoms with E-state index in [4.69, 9.17) is 10.5 Å². The number of halogens is 1. The van der Waals surface area contributed by atoms with Crippen molar-refractivity contribution >= 4 is 45.6 Å². The van der Waals surface area contributed by atoms with Crippen LogP contribution in [0.2, 0.25) is 0 Å². The zero-order valence-corrected chi connectivity index (χ0v) is 15.0. The van der Waals surface area contributed by atoms with Crippen LogP contribution in [-0.4, -0.2) is 30.1 Å². The second-order valence-corrected chi connectivity index (χ2v) is 7.54. The summed E-state index contributed by atoms with van der Waals surface area (Å²) in [5, 5.41) is 4.18. The molecule has 1 aromatic heterocycles. The Labute approximate surface area is 151 Å². The first-order valence-electron chi connectivity index (χ1n) is 8.25. The molecule has 1 aliphatic heterocycles. The van der Waals surface area contributed by atoms with Crippen molar-refractivity contribution in [3.63, 3.8) is 0 Å². The van der Waals surface area contributed by atoms with Gasteiger partial charge in [0.05, 0.1) is 21.3 Å². The lowest BCUT2D eigenvalue weighted by molar-refractivity contribution is -0.119. The number of hydrogen-bond donors (Lipinski definition) is 2. The van der Waals surface area contributed by atoms with Crippen molar-refractivity contribution in [3.8, 4) is 0 Å². The van der Waals surface area contributed by atoms with Gasteiger partial charge in [-0.1, -0.05) is 0 Å². The maximum absolute atomic E-state index is 12.4. The predicted octanol–water partition coefficient (Wildman–Crippen LogP) is 3.29. The topological polar surface area (TPSA) is 77.2 Å². The van der Waals surface area contributed by atoms with Crippen LogP contribution in [0.15, 0.2) is 18.2 Å². The first-order chi connectivity index (χ1) is 11.2. The van der Waals surface area contributed by atoms with Crippen molar-refractivity contribution in [3.05, 3.63) is 23.2 Å². The summed E-state index contributed by atoms with van der Waals surface area (Å²) in [4.78, 5) is 17.1. The Balaban J connectivity index is 0.00000169. The van der Waals surface area contributed by atoms with E-state index in [0.717, 1.165) is 28.7 Å². The van der Waals surface area contributed by atoms with Crippen LogP contribution in [-0.2, 0) is 9.53 Å². The van der Waals surface area contributed by atoms with Crippen LogP contribution in [0.25, 0.3) is 10.2 Å². The largest absolute Gasteiger partial charge is 0.381 e. The lowest BCUT2D eigenvalue weighted by Crippen LogP contribution is -2.43. The number of nitrogens with two attached hydrogens (primary N) is 1. The van der Waals surface area contributed by atoms with E-state index in [2.05, 4.69) is 10.3 Å². The van der Waals surface area contributed by atoms with E-state index in [-0.39, 0.29) is 24.2 Å². The van der Waals surface area contributed by atoms with Gasteiger partial charge in [-0.2, -0.15) is 0 Å². The third kappa shape index (κ3) is 3.72. The molecule has 24 heavy (non-hydrogen) atoms. The number of nitrogens with zero attached hydrogens (tertiary/aromatic N) is 1. The Hall–Kier alpha value is -1.21. The summed E-state index contributed by atoms with van der Waals surface area (Å²) in [6, 6.07) is 5.42. The molecule has 2 aromatic rings. The number of benzene rings is 1. The summed E-state index contributed by atoms with van der Waals surface area (Å²) in [6.07, 6.45) is 4.22. The molecule has 5 nitrogen and oxygen atoms in total. The normalized spacial score (nSPS) is 19.7. The number of thiazole rings is 1. The molecule has 0 bridgehead atoms. The Bertz CT molecular complexity index is 726. The fourth-order valence-electron chi connectivity index (χ4n) is 3.04. The van der Waals surface area contributed by atoms with Gasteiger partial charge >= 0.3 is 0 Å². The van der Waals surface area contributed by atoms with Gasteiger partial charge in [-0.05, 0) is 49.8 Å². The SMILES string of the molecule is Cl.NC(C(=O)Nc1ccc2nc(C3CC3)sc2c1)C1CCOCC1. The summed E-state index contributed by atoms with van der Waals surface area (Å²) in [5.41, 5.74) is 7.95. The van der Waals surface area contributed by atoms with Crippen LogP contribution in [0.1, 0.15) is 36.6 Å². The molecule has 2 aliphatic rings. The van der Waals surface area contributed by atoms with Gasteiger partial charge in [0.2, 0.25) is 5.91 Å². The second-order valence-electron chi connectivity index (χ2n) is 6.47. The van der Waals surface area contributed by atoms with Crippen molar-refractivity contribution in [2.75, 3.05) is 18.5 Å². The van der Waals surface area contributed by atoms with E-state index in [1.807, 2.05) is 18.2 Å². The fourth-order valence-corrected chi connectivity index (χ4v) is 4.22. The van der Waals surface area contributed by atoms with E-state index in [1.165, 1.54) is 17.8 Å². The number of aromatic nitrogens is 1. The Morgan fingerprint density at radius 3 is 2.75 bits per heavy atom. The number of ether oxygens (including phenoxy) is 1. The summed E-state index contributed by atoms with van der Waals surface area (Å²) in [5.74, 6) is 0.757. The molecular weight excluding hydrogens is 346 g/mol. The van der Waals surface area contributed by atoms with Crippen LogP contribution in [0, 0.1) is 5.92 Å². The van der Waals surface area contributed by atoms with E-state index in [9.17, 15) is 4.79 Å². The molecule has 1 saturated carbocycles. The van der Waals surface area contributed by atoms with Gasteiger partial charge in [-0.25, -0.2) is 4.98 Å². The minimum absolute atomic E-state index is 0. The number of anilines is 1. The van der Waals surface area contributed by atoms with Gasteiger partial charge in [0, 0.05) is 24.8 Å². The number of hydrogen-bond acceptors (Lipinski definition) is 5. The van der Waals surface area contributed by atoms with Crippen LogP contribution < -0.4 is 11.1 Å². The standard InChI is InChI=1S/C17H21N3O2S.ClH/c18-15(10-5-7-22-8-6-10)16(21)19-12-3-4-13-14(9-12)23-17(20-13)11-1-2-11;/h3-4,9-11,15H,1-2,5-8,18H2,(H,19,21);1H. The number of nitrogens with one attached hydrogen (secondary N) is 1. The second kappa shape index (κ2) is 7.35. The highest BCUT2D eigenvalue weighted by Crippen LogP contribution is 2.43. The minimum atomic E-state index is -0.474. The molecule has 130 valence electrons. The van der Waals surface area contributed by atoms with Gasteiger partial charge in [0.15, 0.2) is 0 Å². The number of fused-ring (bicyclic) bond motifs is 1. The zero-order valence-electron chi connectivity index (χ0n) is 13.4. The molecule has 1 aromatic carbocycles. The molecule has 1 atom stereocenters. The van der Waals surface area contributed by atoms with E-state index in [0.29, 0.717) is 19.1 Å². The first-order valence-corrected chi connectivity index (χ1v) is 9.07. The van der Waals surface area contributed by atoms with Crippen molar-refractivity contribution in [2.24, 2.45) is 11.7 Å². The lowest BCUT2D eigenvalue weighted by Gasteiger charge is -2.26. The molecule has 1 amide bonds. The maximum Gasteiger partial charge on any atom is 0.241 e. The maximum atomic E-state index is 12.4. The van der Waals surface area contributed by atoms with Crippen molar-refractivity contribution in [1.29, 1.82) is 0 Å². The third-order valence-corrected chi connectivity index (χ3v) is 5.86. The summed E-state index contributed by atoms with van der Waals surface area (Å²) in [6.45, 7) is 1.39. The minimum Gasteiger partial charge on any atom is -0.381 e. The molecule has 1 aliphatic carbocycles. The molecule has 1 unspecified atom stereocenters. The van der Waals surface area contributed by atoms with Gasteiger partial charge < -0.3 is 15.8 Å². The van der Waals surface area contributed by atoms with E-state index in [1.54, 1.807) is 11.3 Å². The zero-order chi connectivity index (χ0) is 15.8. The summed E-state index contributed by atoms with van der Waals surface area (Å²) in [7, 11) is 0. The van der Waals surface area contributed by atoms with Crippen molar-refractivity contribution in [1.82, 2.24) is 4.98 Å². The third-order valence-electron chi connectivity index (χ3n) is 4.68. The number of carbonyl (C=O) groups is 1. The van der Waals surface area contributed by atoms with Crippen LogP contribution in [0.3, 0.4) is 0 Å². The Morgan fingerprint density at radius 2 is 2.04 bits per heavy atom. The molecular formula is C17H22ClN3O2S. The number of rotatable bonds is 4. The Kier molecular flexibility index (Phi) is 5.39. The van der Waals surface area contributed by atoms with Gasteiger partial charge in [-0.3, -0.25) is 4.79 Å². The highest BCUT2D eigenvalue weighted by atomic mass is 35.5. The molecule has 0 radical (unpaired) electrons. The average Bonchev–Trinajstić information content (AvgIpc) is 3.34. The van der Waals surface area contributed by atoms with Gasteiger partial charge in [0.1, 0.15) is 0 Å². The fraction of sp³-hybridized carbons (Fsp3) is 0.529. The Morgan fingerprint density at radius 1 is 1.29 bits per heavy atom. The number of carbonyl (C=O) groups excluding carboxylic acids is 1. The van der Waals surface area contributed by atoms with Crippen molar-refractivity contribution in [2.45, 2.75) is 37.6 Å². The molecule has 4 rings (SSSR count). The van der Waals surface area contributed by atoms with E-state index < -0.39 is 6.04 Å². The van der Waals surface area contributed by atoms with Gasteiger partial charge in [-0.15, -0.1) is 23.7 Å².